The molecule has 0 unspecified atom stereocenters. The second kappa shape index (κ2) is 5.71. The first-order valence-electron chi connectivity index (χ1n) is 5.71. The predicted molar refractivity (Wildman–Crippen MR) is 68.8 cm³/mol. The van der Waals surface area contributed by atoms with Crippen molar-refractivity contribution in [2.24, 2.45) is 0 Å². The van der Waals surface area contributed by atoms with Crippen molar-refractivity contribution < 1.29 is 14.6 Å². The highest BCUT2D eigenvalue weighted by molar-refractivity contribution is 6.30. The third-order valence-corrected chi connectivity index (χ3v) is 2.64. The molecular weight excluding hydrogens is 270 g/mol. The van der Waals surface area contributed by atoms with Gasteiger partial charge in [0.05, 0.1) is 0 Å². The number of carboxylic acids is 1. The van der Waals surface area contributed by atoms with Crippen LogP contribution in [-0.4, -0.2) is 26.1 Å². The summed E-state index contributed by atoms with van der Waals surface area (Å²) in [6.45, 7) is 2.63. The summed E-state index contributed by atoms with van der Waals surface area (Å²) in [5.74, 6) is -0.535. The number of aromatic carboxylic acids is 1. The minimum Gasteiger partial charge on any atom is -0.478 e. The number of hydrogen-bond donors (Lipinski definition) is 1. The van der Waals surface area contributed by atoms with Gasteiger partial charge in [-0.3, -0.25) is 0 Å². The molecule has 0 spiro atoms. The number of halogens is 1. The molecule has 0 bridgehead atoms. The van der Waals surface area contributed by atoms with Crippen LogP contribution in [0.25, 0.3) is 0 Å². The number of rotatable bonds is 5. The van der Waals surface area contributed by atoms with Crippen LogP contribution >= 0.6 is 11.6 Å². The van der Waals surface area contributed by atoms with Gasteiger partial charge in [0.25, 0.3) is 0 Å². The van der Waals surface area contributed by atoms with Crippen molar-refractivity contribution in [2.45, 2.75) is 19.9 Å². The van der Waals surface area contributed by atoms with E-state index in [0.717, 1.165) is 6.42 Å². The Morgan fingerprint density at radius 3 is 3.00 bits per heavy atom. The van der Waals surface area contributed by atoms with Gasteiger partial charge >= 0.3 is 5.97 Å². The molecule has 0 atom stereocenters. The number of hydrogen-bond acceptors (Lipinski definition) is 4. The van der Waals surface area contributed by atoms with Gasteiger partial charge in [-0.2, -0.15) is 0 Å². The first-order chi connectivity index (χ1) is 9.11. The highest BCUT2D eigenvalue weighted by Gasteiger charge is 2.14. The van der Waals surface area contributed by atoms with Gasteiger partial charge in [0.2, 0.25) is 5.88 Å². The molecule has 0 radical (unpaired) electrons. The topological polar surface area (TPSA) is 77.2 Å². The van der Waals surface area contributed by atoms with Gasteiger partial charge in [-0.25, -0.2) is 9.48 Å². The van der Waals surface area contributed by atoms with Gasteiger partial charge in [-0.05, 0) is 18.6 Å². The number of carboxylic acid groups (broad SMARTS) is 1. The van der Waals surface area contributed by atoms with Crippen molar-refractivity contribution in [3.63, 3.8) is 0 Å². The number of carbonyl (C=O) groups is 1. The first-order valence-corrected chi connectivity index (χ1v) is 6.08. The van der Waals surface area contributed by atoms with E-state index in [1.807, 2.05) is 6.92 Å². The minimum atomic E-state index is -1.08. The van der Waals surface area contributed by atoms with Crippen molar-refractivity contribution in [1.29, 1.82) is 0 Å². The second-order valence-corrected chi connectivity index (χ2v) is 4.28. The van der Waals surface area contributed by atoms with Crippen LogP contribution in [0.5, 0.6) is 11.6 Å². The maximum atomic E-state index is 11.1. The van der Waals surface area contributed by atoms with Crippen molar-refractivity contribution >= 4 is 17.6 Å². The van der Waals surface area contributed by atoms with E-state index in [-0.39, 0.29) is 11.3 Å². The van der Waals surface area contributed by atoms with Crippen LogP contribution in [0.1, 0.15) is 23.7 Å². The molecule has 0 amide bonds. The SMILES string of the molecule is CCCn1nncc1Oc1cc(Cl)ccc1C(=O)O. The molecule has 7 heteroatoms. The number of nitrogens with zero attached hydrogens (tertiary/aromatic N) is 3. The van der Waals surface area contributed by atoms with E-state index in [4.69, 9.17) is 21.4 Å². The number of aromatic nitrogens is 3. The lowest BCUT2D eigenvalue weighted by molar-refractivity contribution is 0.0694. The normalized spacial score (nSPS) is 10.4. The Morgan fingerprint density at radius 2 is 2.32 bits per heavy atom. The van der Waals surface area contributed by atoms with E-state index in [9.17, 15) is 4.79 Å². The van der Waals surface area contributed by atoms with Gasteiger partial charge in [-0.15, -0.1) is 5.10 Å². The van der Waals surface area contributed by atoms with Crippen LogP contribution < -0.4 is 4.74 Å². The second-order valence-electron chi connectivity index (χ2n) is 3.84. The zero-order valence-corrected chi connectivity index (χ0v) is 11.0. The molecule has 0 aliphatic heterocycles. The van der Waals surface area contributed by atoms with E-state index < -0.39 is 5.97 Å². The lowest BCUT2D eigenvalue weighted by atomic mass is 10.2. The van der Waals surface area contributed by atoms with Crippen LogP contribution in [0.4, 0.5) is 0 Å². The van der Waals surface area contributed by atoms with Gasteiger partial charge in [0, 0.05) is 17.6 Å². The van der Waals surface area contributed by atoms with Crippen LogP contribution in [0.15, 0.2) is 24.4 Å². The van der Waals surface area contributed by atoms with E-state index in [2.05, 4.69) is 10.3 Å². The molecule has 1 aromatic carbocycles. The first kappa shape index (κ1) is 13.4. The fourth-order valence-electron chi connectivity index (χ4n) is 1.56. The molecule has 1 heterocycles. The van der Waals surface area contributed by atoms with Crippen LogP contribution in [0.2, 0.25) is 5.02 Å². The Hall–Kier alpha value is -2.08. The van der Waals surface area contributed by atoms with Gasteiger partial charge in [0.1, 0.15) is 17.5 Å². The molecule has 0 aliphatic rings. The van der Waals surface area contributed by atoms with E-state index >= 15 is 0 Å². The summed E-state index contributed by atoms with van der Waals surface area (Å²) < 4.78 is 7.11. The fraction of sp³-hybridized carbons (Fsp3) is 0.250. The number of aryl methyl sites for hydroxylation is 1. The van der Waals surface area contributed by atoms with Gasteiger partial charge < -0.3 is 9.84 Å². The van der Waals surface area contributed by atoms with Crippen molar-refractivity contribution in [3.8, 4) is 11.6 Å². The third-order valence-electron chi connectivity index (χ3n) is 2.41. The van der Waals surface area contributed by atoms with E-state index in [1.165, 1.54) is 24.4 Å². The molecular formula is C12H12ClN3O3. The standard InChI is InChI=1S/C12H12ClN3O3/c1-2-5-16-11(7-14-15-16)19-10-6-8(13)3-4-9(10)12(17)18/h3-4,6-7H,2,5H2,1H3,(H,17,18). The molecule has 2 rings (SSSR count). The molecule has 1 aromatic heterocycles. The maximum absolute atomic E-state index is 11.1. The Kier molecular flexibility index (Phi) is 4.01. The lowest BCUT2D eigenvalue weighted by Crippen LogP contribution is -2.04. The molecule has 6 nitrogen and oxygen atoms in total. The minimum absolute atomic E-state index is 0.0358. The Labute approximate surface area is 114 Å². The Morgan fingerprint density at radius 1 is 1.53 bits per heavy atom. The monoisotopic (exact) mass is 281 g/mol. The summed E-state index contributed by atoms with van der Waals surface area (Å²) in [6.07, 6.45) is 2.29. The zero-order valence-electron chi connectivity index (χ0n) is 10.2. The molecule has 0 fully saturated rings. The molecule has 100 valence electrons. The summed E-state index contributed by atoms with van der Waals surface area (Å²) in [5.41, 5.74) is 0.0358. The van der Waals surface area contributed by atoms with Crippen molar-refractivity contribution in [3.05, 3.63) is 35.0 Å². The summed E-state index contributed by atoms with van der Waals surface area (Å²) in [7, 11) is 0. The smallest absolute Gasteiger partial charge is 0.339 e. The molecule has 19 heavy (non-hydrogen) atoms. The molecule has 0 saturated carbocycles. The lowest BCUT2D eigenvalue weighted by Gasteiger charge is -2.09. The molecule has 1 N–H and O–H groups in total. The third kappa shape index (κ3) is 3.03. The summed E-state index contributed by atoms with van der Waals surface area (Å²) >= 11 is 5.85. The molecule has 0 aliphatic carbocycles. The Bertz CT molecular complexity index is 598. The number of ether oxygens (including phenoxy) is 1. The average Bonchev–Trinajstić information content (AvgIpc) is 2.77. The van der Waals surface area contributed by atoms with Gasteiger partial charge in [0.15, 0.2) is 0 Å². The highest BCUT2D eigenvalue weighted by atomic mass is 35.5. The molecule has 2 aromatic rings. The predicted octanol–water partition coefficient (Wildman–Crippen LogP) is 2.83. The van der Waals surface area contributed by atoms with Crippen molar-refractivity contribution in [1.82, 2.24) is 15.0 Å². The fourth-order valence-corrected chi connectivity index (χ4v) is 1.73. The number of benzene rings is 1. The van der Waals surface area contributed by atoms with Crippen molar-refractivity contribution in [2.75, 3.05) is 0 Å². The summed E-state index contributed by atoms with van der Waals surface area (Å²) in [6, 6.07) is 4.35. The summed E-state index contributed by atoms with van der Waals surface area (Å²) in [4.78, 5) is 11.1. The highest BCUT2D eigenvalue weighted by Crippen LogP contribution is 2.28. The quantitative estimate of drug-likeness (QED) is 0.912. The largest absolute Gasteiger partial charge is 0.478 e. The van der Waals surface area contributed by atoms with Crippen LogP contribution in [0.3, 0.4) is 0 Å². The Balaban J connectivity index is 2.34. The van der Waals surface area contributed by atoms with E-state index in [1.54, 1.807) is 4.68 Å². The van der Waals surface area contributed by atoms with Gasteiger partial charge in [-0.1, -0.05) is 23.7 Å². The maximum Gasteiger partial charge on any atom is 0.339 e. The summed E-state index contributed by atoms with van der Waals surface area (Å²) in [5, 5.41) is 17.1. The van der Waals surface area contributed by atoms with Crippen LogP contribution in [-0.2, 0) is 6.54 Å². The van der Waals surface area contributed by atoms with Crippen LogP contribution in [0, 0.1) is 0 Å². The average molecular weight is 282 g/mol. The molecule has 0 saturated heterocycles. The zero-order chi connectivity index (χ0) is 13.8. The van der Waals surface area contributed by atoms with E-state index in [0.29, 0.717) is 17.4 Å².